The maximum absolute atomic E-state index is 13.9. The minimum absolute atomic E-state index is 0.0778. The molecule has 3 aromatic rings. The molecule has 1 unspecified atom stereocenters. The van der Waals surface area contributed by atoms with Gasteiger partial charge in [-0.1, -0.05) is 48.0 Å². The van der Waals surface area contributed by atoms with Crippen molar-refractivity contribution >= 4 is 52.2 Å². The summed E-state index contributed by atoms with van der Waals surface area (Å²) in [5.74, 6) is 0.519. The van der Waals surface area contributed by atoms with Crippen molar-refractivity contribution in [3.63, 3.8) is 0 Å². The molecular weight excluding hydrogens is 424 g/mol. The Bertz CT molecular complexity index is 1090. The van der Waals surface area contributed by atoms with Gasteiger partial charge in [-0.2, -0.15) is 0 Å². The molecule has 0 aliphatic carbocycles. The van der Waals surface area contributed by atoms with Crippen LogP contribution in [0, 0.1) is 0 Å². The van der Waals surface area contributed by atoms with Gasteiger partial charge < -0.3 is 9.80 Å². The summed E-state index contributed by atoms with van der Waals surface area (Å²) in [7, 11) is 0. The average molecular weight is 441 g/mol. The van der Waals surface area contributed by atoms with E-state index in [4.69, 9.17) is 11.6 Å². The van der Waals surface area contributed by atoms with Gasteiger partial charge in [0.25, 0.3) is 11.8 Å². The van der Waals surface area contributed by atoms with Crippen LogP contribution < -0.4 is 4.90 Å². The van der Waals surface area contributed by atoms with Crippen molar-refractivity contribution in [3.8, 4) is 0 Å². The van der Waals surface area contributed by atoms with E-state index in [1.54, 1.807) is 15.9 Å². The zero-order valence-electron chi connectivity index (χ0n) is 15.4. The number of hydrogen-bond donors (Lipinski definition) is 0. The predicted octanol–water partition coefficient (Wildman–Crippen LogP) is 4.99. The average Bonchev–Trinajstić information content (AvgIpc) is 3.46. The van der Waals surface area contributed by atoms with Gasteiger partial charge in [0.15, 0.2) is 4.87 Å². The molecule has 1 saturated heterocycles. The molecule has 1 atom stereocenters. The lowest BCUT2D eigenvalue weighted by molar-refractivity contribution is -0.123. The van der Waals surface area contributed by atoms with Crippen LogP contribution in [0.1, 0.15) is 20.8 Å². The Balaban J connectivity index is 1.62. The van der Waals surface area contributed by atoms with E-state index >= 15 is 0 Å². The van der Waals surface area contributed by atoms with Crippen LogP contribution >= 0.6 is 34.7 Å². The van der Waals surface area contributed by atoms with Gasteiger partial charge in [-0.3, -0.25) is 9.59 Å². The molecule has 5 rings (SSSR count). The van der Waals surface area contributed by atoms with Gasteiger partial charge in [-0.25, -0.2) is 0 Å². The zero-order chi connectivity index (χ0) is 20.0. The van der Waals surface area contributed by atoms with E-state index in [-0.39, 0.29) is 11.8 Å². The topological polar surface area (TPSA) is 40.6 Å². The SMILES string of the molecule is O=C(c1cccs1)N1CCSC12C(=O)N(Cc1ccccc1)c1ccc(Cl)cc12. The number of carbonyl (C=O) groups is 2. The first kappa shape index (κ1) is 18.7. The molecular formula is C22H17ClN2O2S2. The number of thiophene rings is 1. The van der Waals surface area contributed by atoms with E-state index in [0.717, 1.165) is 16.8 Å². The summed E-state index contributed by atoms with van der Waals surface area (Å²) in [5.41, 5.74) is 2.66. The third-order valence-electron chi connectivity index (χ3n) is 5.32. The zero-order valence-corrected chi connectivity index (χ0v) is 17.8. The van der Waals surface area contributed by atoms with E-state index in [9.17, 15) is 9.59 Å². The normalized spacial score (nSPS) is 20.5. The summed E-state index contributed by atoms with van der Waals surface area (Å²) in [4.78, 5) is 30.2. The Hall–Kier alpha value is -2.28. The molecule has 0 saturated carbocycles. The molecule has 0 bridgehead atoms. The number of fused-ring (bicyclic) bond motifs is 2. The Morgan fingerprint density at radius 2 is 1.93 bits per heavy atom. The van der Waals surface area contributed by atoms with Crippen LogP contribution in [0.5, 0.6) is 0 Å². The smallest absolute Gasteiger partial charge is 0.268 e. The van der Waals surface area contributed by atoms with Crippen molar-refractivity contribution in [2.24, 2.45) is 0 Å². The second kappa shape index (κ2) is 7.20. The Morgan fingerprint density at radius 1 is 1.10 bits per heavy atom. The van der Waals surface area contributed by atoms with Crippen molar-refractivity contribution in [1.82, 2.24) is 4.90 Å². The van der Waals surface area contributed by atoms with Crippen molar-refractivity contribution in [1.29, 1.82) is 0 Å². The van der Waals surface area contributed by atoms with Crippen molar-refractivity contribution in [2.45, 2.75) is 11.4 Å². The number of rotatable bonds is 3. The van der Waals surface area contributed by atoms with Crippen LogP contribution in [0.4, 0.5) is 5.69 Å². The van der Waals surface area contributed by atoms with E-state index in [1.165, 1.54) is 23.1 Å². The Morgan fingerprint density at radius 3 is 2.69 bits per heavy atom. The van der Waals surface area contributed by atoms with E-state index in [0.29, 0.717) is 28.7 Å². The molecule has 146 valence electrons. The summed E-state index contributed by atoms with van der Waals surface area (Å²) in [6.45, 7) is 0.982. The second-order valence-corrected chi connectivity index (χ2v) is 9.64. The molecule has 2 aromatic carbocycles. The number of anilines is 1. The summed E-state index contributed by atoms with van der Waals surface area (Å²) in [6, 6.07) is 19.1. The molecule has 1 aromatic heterocycles. The standard InChI is InChI=1S/C22H17ClN2O2S2/c23-16-8-9-18-17(13-16)22(21(27)24(18)14-15-5-2-1-3-6-15)25(10-12-29-22)20(26)19-7-4-11-28-19/h1-9,11,13H,10,12,14H2. The Kier molecular flexibility index (Phi) is 4.65. The second-order valence-electron chi connectivity index (χ2n) is 6.96. The highest BCUT2D eigenvalue weighted by molar-refractivity contribution is 8.01. The fourth-order valence-electron chi connectivity index (χ4n) is 4.04. The van der Waals surface area contributed by atoms with Crippen molar-refractivity contribution in [2.75, 3.05) is 17.2 Å². The molecule has 29 heavy (non-hydrogen) atoms. The number of hydrogen-bond acceptors (Lipinski definition) is 4. The predicted molar refractivity (Wildman–Crippen MR) is 119 cm³/mol. The molecule has 7 heteroatoms. The molecule has 4 nitrogen and oxygen atoms in total. The maximum Gasteiger partial charge on any atom is 0.268 e. The number of benzene rings is 2. The van der Waals surface area contributed by atoms with Crippen LogP contribution in [0.25, 0.3) is 0 Å². The fraction of sp³-hybridized carbons (Fsp3) is 0.182. The Labute approximate surface area is 182 Å². The third-order valence-corrected chi connectivity index (χ3v) is 7.83. The van der Waals surface area contributed by atoms with Gasteiger partial charge in [0.2, 0.25) is 0 Å². The van der Waals surface area contributed by atoms with Gasteiger partial charge in [-0.15, -0.1) is 23.1 Å². The lowest BCUT2D eigenvalue weighted by atomic mass is 10.1. The monoisotopic (exact) mass is 440 g/mol. The van der Waals surface area contributed by atoms with Crippen LogP contribution in [-0.4, -0.2) is 29.0 Å². The van der Waals surface area contributed by atoms with Gasteiger partial charge in [0, 0.05) is 22.9 Å². The lowest BCUT2D eigenvalue weighted by Crippen LogP contribution is -2.50. The number of amides is 2. The minimum atomic E-state index is -1.06. The van der Waals surface area contributed by atoms with Gasteiger partial charge in [0.1, 0.15) is 0 Å². The van der Waals surface area contributed by atoms with E-state index < -0.39 is 4.87 Å². The first-order valence-electron chi connectivity index (χ1n) is 9.26. The van der Waals surface area contributed by atoms with Gasteiger partial charge >= 0.3 is 0 Å². The lowest BCUT2D eigenvalue weighted by Gasteiger charge is -2.33. The molecule has 1 fully saturated rings. The maximum atomic E-state index is 13.9. The summed E-state index contributed by atoms with van der Waals surface area (Å²) < 4.78 is 0. The molecule has 2 aliphatic heterocycles. The summed E-state index contributed by atoms with van der Waals surface area (Å²) >= 11 is 9.24. The van der Waals surface area contributed by atoms with Crippen molar-refractivity contribution < 1.29 is 9.59 Å². The minimum Gasteiger partial charge on any atom is -0.310 e. The van der Waals surface area contributed by atoms with Gasteiger partial charge in [-0.05, 0) is 35.2 Å². The molecule has 0 N–H and O–H groups in total. The molecule has 2 amide bonds. The molecule has 3 heterocycles. The van der Waals surface area contributed by atoms with Crippen LogP contribution in [0.15, 0.2) is 66.0 Å². The fourth-order valence-corrected chi connectivity index (χ4v) is 6.34. The largest absolute Gasteiger partial charge is 0.310 e. The first-order valence-corrected chi connectivity index (χ1v) is 11.5. The van der Waals surface area contributed by atoms with E-state index in [1.807, 2.05) is 60.0 Å². The highest BCUT2D eigenvalue weighted by Gasteiger charge is 2.59. The quantitative estimate of drug-likeness (QED) is 0.576. The number of halogens is 1. The van der Waals surface area contributed by atoms with Crippen LogP contribution in [0.3, 0.4) is 0 Å². The highest BCUT2D eigenvalue weighted by Crippen LogP contribution is 2.55. The van der Waals surface area contributed by atoms with Crippen LogP contribution in [-0.2, 0) is 16.2 Å². The van der Waals surface area contributed by atoms with Crippen LogP contribution in [0.2, 0.25) is 5.02 Å². The first-order chi connectivity index (χ1) is 14.1. The number of carbonyl (C=O) groups excluding carboxylic acids is 2. The number of nitrogens with zero attached hydrogens (tertiary/aromatic N) is 2. The highest BCUT2D eigenvalue weighted by atomic mass is 35.5. The van der Waals surface area contributed by atoms with Gasteiger partial charge in [0.05, 0.1) is 17.1 Å². The molecule has 0 radical (unpaired) electrons. The molecule has 1 spiro atoms. The third kappa shape index (κ3) is 2.89. The summed E-state index contributed by atoms with van der Waals surface area (Å²) in [6.07, 6.45) is 0. The number of thioether (sulfide) groups is 1. The van der Waals surface area contributed by atoms with E-state index in [2.05, 4.69) is 0 Å². The summed E-state index contributed by atoms with van der Waals surface area (Å²) in [5, 5.41) is 2.44. The molecule has 2 aliphatic rings. The van der Waals surface area contributed by atoms with Crippen molar-refractivity contribution in [3.05, 3.63) is 87.1 Å².